The van der Waals surface area contributed by atoms with Crippen LogP contribution < -0.4 is 5.48 Å². The lowest BCUT2D eigenvalue weighted by atomic mass is 9.83. The van der Waals surface area contributed by atoms with Crippen molar-refractivity contribution in [3.05, 3.63) is 77.3 Å². The topological polar surface area (TPSA) is 51.2 Å². The third kappa shape index (κ3) is 3.69. The number of rotatable bonds is 5. The van der Waals surface area contributed by atoms with Crippen LogP contribution >= 0.6 is 11.3 Å². The summed E-state index contributed by atoms with van der Waals surface area (Å²) in [5, 5.41) is 1.03. The fourth-order valence-electron chi connectivity index (χ4n) is 3.27. The quantitative estimate of drug-likeness (QED) is 0.532. The Balaban J connectivity index is 1.45. The average Bonchev–Trinajstić information content (AvgIpc) is 3.13. The Morgan fingerprint density at radius 3 is 2.69 bits per heavy atom. The molecule has 1 amide bonds. The Morgan fingerprint density at radius 1 is 1.08 bits per heavy atom. The summed E-state index contributed by atoms with van der Waals surface area (Å²) in [6.07, 6.45) is 5.76. The highest BCUT2D eigenvalue weighted by Crippen LogP contribution is 2.38. The lowest BCUT2D eigenvalue weighted by Crippen LogP contribution is -2.35. The zero-order valence-electron chi connectivity index (χ0n) is 14.3. The molecule has 2 atom stereocenters. The van der Waals surface area contributed by atoms with Crippen LogP contribution in [0.25, 0.3) is 10.2 Å². The molecule has 1 aliphatic rings. The van der Waals surface area contributed by atoms with Crippen LogP contribution in [0.3, 0.4) is 0 Å². The number of carbonyl (C=O) groups excluding carboxylic acids is 1. The van der Waals surface area contributed by atoms with E-state index in [1.54, 1.807) is 11.3 Å². The summed E-state index contributed by atoms with van der Waals surface area (Å²) < 4.78 is 1.16. The molecular formula is C21H20N2O2S. The minimum atomic E-state index is -0.156. The van der Waals surface area contributed by atoms with Gasteiger partial charge < -0.3 is 0 Å². The van der Waals surface area contributed by atoms with Crippen LogP contribution in [-0.2, 0) is 16.2 Å². The van der Waals surface area contributed by atoms with Gasteiger partial charge in [0.1, 0.15) is 0 Å². The van der Waals surface area contributed by atoms with Gasteiger partial charge in [0.2, 0.25) is 5.91 Å². The number of para-hydroxylation sites is 1. The molecule has 132 valence electrons. The van der Waals surface area contributed by atoms with Crippen molar-refractivity contribution < 1.29 is 9.63 Å². The number of fused-ring (bicyclic) bond motifs is 1. The monoisotopic (exact) mass is 364 g/mol. The van der Waals surface area contributed by atoms with Crippen LogP contribution in [0, 0.1) is 5.92 Å². The molecule has 0 saturated heterocycles. The molecule has 0 spiro atoms. The van der Waals surface area contributed by atoms with Crippen LogP contribution in [0.2, 0.25) is 0 Å². The Kier molecular flexibility index (Phi) is 5.09. The first-order valence-corrected chi connectivity index (χ1v) is 9.59. The van der Waals surface area contributed by atoms with Gasteiger partial charge in [0.15, 0.2) is 0 Å². The fraction of sp³-hybridized carbons (Fsp3) is 0.238. The molecular weight excluding hydrogens is 344 g/mol. The maximum Gasteiger partial charge on any atom is 0.247 e. The van der Waals surface area contributed by atoms with Crippen LogP contribution in [-0.4, -0.2) is 10.9 Å². The van der Waals surface area contributed by atoms with Gasteiger partial charge >= 0.3 is 0 Å². The van der Waals surface area contributed by atoms with E-state index in [2.05, 4.69) is 23.7 Å². The molecule has 1 aromatic heterocycles. The van der Waals surface area contributed by atoms with Gasteiger partial charge in [-0.2, -0.15) is 0 Å². The van der Waals surface area contributed by atoms with Gasteiger partial charge in [-0.05, 0) is 30.5 Å². The first kappa shape index (κ1) is 16.9. The first-order chi connectivity index (χ1) is 12.8. The molecule has 4 nitrogen and oxygen atoms in total. The van der Waals surface area contributed by atoms with Crippen molar-refractivity contribution in [1.29, 1.82) is 0 Å². The highest BCUT2D eigenvalue weighted by Gasteiger charge is 2.32. The van der Waals surface area contributed by atoms with E-state index in [1.165, 1.54) is 0 Å². The number of aromatic nitrogens is 1. The first-order valence-electron chi connectivity index (χ1n) is 8.77. The fourth-order valence-corrected chi connectivity index (χ4v) is 4.41. The summed E-state index contributed by atoms with van der Waals surface area (Å²) in [6, 6.07) is 17.9. The van der Waals surface area contributed by atoms with Crippen LogP contribution in [0.1, 0.15) is 29.3 Å². The lowest BCUT2D eigenvalue weighted by Gasteiger charge is -2.25. The largest absolute Gasteiger partial charge is 0.272 e. The van der Waals surface area contributed by atoms with Crippen molar-refractivity contribution in [3.8, 4) is 0 Å². The minimum Gasteiger partial charge on any atom is -0.272 e. The van der Waals surface area contributed by atoms with Gasteiger partial charge in [0.25, 0.3) is 0 Å². The number of hydrogen-bond acceptors (Lipinski definition) is 4. The molecule has 0 bridgehead atoms. The maximum atomic E-state index is 12.7. The van der Waals surface area contributed by atoms with E-state index in [0.29, 0.717) is 13.0 Å². The van der Waals surface area contributed by atoms with Gasteiger partial charge in [-0.15, -0.1) is 11.3 Å². The molecule has 5 heteroatoms. The van der Waals surface area contributed by atoms with Crippen molar-refractivity contribution in [2.24, 2.45) is 5.92 Å². The summed E-state index contributed by atoms with van der Waals surface area (Å²) in [4.78, 5) is 22.9. The average molecular weight is 364 g/mol. The van der Waals surface area contributed by atoms with E-state index in [9.17, 15) is 4.79 Å². The smallest absolute Gasteiger partial charge is 0.247 e. The van der Waals surface area contributed by atoms with Gasteiger partial charge in [0, 0.05) is 5.92 Å². The zero-order valence-corrected chi connectivity index (χ0v) is 15.1. The normalized spacial score (nSPS) is 19.5. The van der Waals surface area contributed by atoms with Crippen molar-refractivity contribution in [3.63, 3.8) is 0 Å². The minimum absolute atomic E-state index is 0.0745. The van der Waals surface area contributed by atoms with E-state index in [0.717, 1.165) is 27.2 Å². The molecule has 0 fully saturated rings. The van der Waals surface area contributed by atoms with E-state index < -0.39 is 0 Å². The van der Waals surface area contributed by atoms with Crippen molar-refractivity contribution >= 4 is 27.5 Å². The number of nitrogens with zero attached hydrogens (tertiary/aromatic N) is 1. The number of allylic oxidation sites excluding steroid dienone is 2. The second kappa shape index (κ2) is 7.81. The van der Waals surface area contributed by atoms with E-state index in [1.807, 2.05) is 48.5 Å². The van der Waals surface area contributed by atoms with E-state index >= 15 is 0 Å². The maximum absolute atomic E-state index is 12.7. The predicted molar refractivity (Wildman–Crippen MR) is 104 cm³/mol. The Bertz CT molecular complexity index is 887. The van der Waals surface area contributed by atoms with E-state index in [4.69, 9.17) is 9.82 Å². The Hall–Kier alpha value is -2.50. The summed E-state index contributed by atoms with van der Waals surface area (Å²) in [6.45, 7) is 0.362. The molecule has 4 rings (SSSR count). The molecule has 3 aromatic rings. The molecule has 1 heterocycles. The van der Waals surface area contributed by atoms with Gasteiger partial charge in [-0.3, -0.25) is 9.63 Å². The number of hydroxylamine groups is 1. The summed E-state index contributed by atoms with van der Waals surface area (Å²) in [5.41, 5.74) is 4.67. The van der Waals surface area contributed by atoms with Gasteiger partial charge in [-0.1, -0.05) is 54.6 Å². The molecule has 0 saturated carbocycles. The molecule has 26 heavy (non-hydrogen) atoms. The SMILES string of the molecule is O=C(NOCc1ccccc1)[C@H]1CC=CC[C@@H]1c1nc2ccccc2s1. The molecule has 1 aliphatic carbocycles. The van der Waals surface area contributed by atoms with Gasteiger partial charge in [-0.25, -0.2) is 10.5 Å². The van der Waals surface area contributed by atoms with Crippen LogP contribution in [0.4, 0.5) is 0 Å². The predicted octanol–water partition coefficient (Wildman–Crippen LogP) is 4.59. The molecule has 2 aromatic carbocycles. The van der Waals surface area contributed by atoms with Crippen molar-refractivity contribution in [2.45, 2.75) is 25.4 Å². The van der Waals surface area contributed by atoms with E-state index in [-0.39, 0.29) is 17.7 Å². The lowest BCUT2D eigenvalue weighted by molar-refractivity contribution is -0.139. The number of benzene rings is 2. The number of carbonyl (C=O) groups is 1. The summed E-state index contributed by atoms with van der Waals surface area (Å²) in [5.74, 6) is -0.136. The Labute approximate surface area is 156 Å². The third-order valence-corrected chi connectivity index (χ3v) is 5.82. The number of nitrogens with one attached hydrogen (secondary N) is 1. The summed E-state index contributed by atoms with van der Waals surface area (Å²) in [7, 11) is 0. The Morgan fingerprint density at radius 2 is 1.85 bits per heavy atom. The highest BCUT2D eigenvalue weighted by molar-refractivity contribution is 7.18. The van der Waals surface area contributed by atoms with Crippen molar-refractivity contribution in [2.75, 3.05) is 0 Å². The second-order valence-corrected chi connectivity index (χ2v) is 7.48. The number of hydrogen-bond donors (Lipinski definition) is 1. The molecule has 0 unspecified atom stereocenters. The summed E-state index contributed by atoms with van der Waals surface area (Å²) >= 11 is 1.68. The zero-order chi connectivity index (χ0) is 17.8. The molecule has 0 aliphatic heterocycles. The number of amides is 1. The highest BCUT2D eigenvalue weighted by atomic mass is 32.1. The third-order valence-electron chi connectivity index (χ3n) is 4.65. The second-order valence-electron chi connectivity index (χ2n) is 6.42. The van der Waals surface area contributed by atoms with Crippen LogP contribution in [0.15, 0.2) is 66.7 Å². The standard InChI is InChI=1S/C21H20N2O2S/c24-20(23-25-14-15-8-2-1-3-9-15)16-10-4-5-11-17(16)21-22-18-12-6-7-13-19(18)26-21/h1-9,12-13,16-17H,10-11,14H2,(H,23,24)/t16-,17-/m0/s1. The molecule has 1 N–H and O–H groups in total. The number of thiazole rings is 1. The molecule has 0 radical (unpaired) electrons. The van der Waals surface area contributed by atoms with Gasteiger partial charge in [0.05, 0.1) is 27.7 Å². The van der Waals surface area contributed by atoms with Crippen molar-refractivity contribution in [1.82, 2.24) is 10.5 Å². The van der Waals surface area contributed by atoms with Crippen LogP contribution in [0.5, 0.6) is 0 Å².